The number of methoxy groups -OCH3 is 1. The molecule has 0 bridgehead atoms. The highest BCUT2D eigenvalue weighted by Crippen LogP contribution is 2.29. The third kappa shape index (κ3) is 3.83. The average molecular weight is 311 g/mol. The zero-order valence-corrected chi connectivity index (χ0v) is 13.2. The van der Waals surface area contributed by atoms with Gasteiger partial charge in [-0.2, -0.15) is 0 Å². The molecule has 0 aliphatic heterocycles. The van der Waals surface area contributed by atoms with Gasteiger partial charge >= 0.3 is 0 Å². The molecule has 0 aromatic heterocycles. The summed E-state index contributed by atoms with van der Waals surface area (Å²) in [5.41, 5.74) is 2.56. The van der Waals surface area contributed by atoms with E-state index in [0.29, 0.717) is 11.5 Å². The standard InChI is InChI=1S/C19H21NO3/c1-22-15-8-5-9-16(12-15)23-13-19(21)20-18-11-4-7-14-6-2-3-10-17(14)18/h2-3,5-6,8-10,12,18H,4,7,11,13H2,1H3,(H,20,21). The molecule has 0 saturated carbocycles. The van der Waals surface area contributed by atoms with Crippen molar-refractivity contribution in [2.24, 2.45) is 0 Å². The van der Waals surface area contributed by atoms with Crippen LogP contribution in [-0.2, 0) is 11.2 Å². The van der Waals surface area contributed by atoms with Gasteiger partial charge in [-0.25, -0.2) is 0 Å². The summed E-state index contributed by atoms with van der Waals surface area (Å²) in [5, 5.41) is 3.08. The van der Waals surface area contributed by atoms with Crippen molar-refractivity contribution >= 4 is 5.91 Å². The van der Waals surface area contributed by atoms with Crippen LogP contribution in [0.4, 0.5) is 0 Å². The van der Waals surface area contributed by atoms with Gasteiger partial charge in [-0.05, 0) is 42.5 Å². The summed E-state index contributed by atoms with van der Waals surface area (Å²) in [6.07, 6.45) is 3.16. The van der Waals surface area contributed by atoms with Crippen LogP contribution in [0.15, 0.2) is 48.5 Å². The van der Waals surface area contributed by atoms with Gasteiger partial charge in [0.25, 0.3) is 5.91 Å². The van der Waals surface area contributed by atoms with Gasteiger partial charge in [0.15, 0.2) is 6.61 Å². The molecule has 1 aliphatic carbocycles. The minimum absolute atomic E-state index is 0.00579. The summed E-state index contributed by atoms with van der Waals surface area (Å²) in [4.78, 5) is 12.2. The maximum Gasteiger partial charge on any atom is 0.258 e. The highest BCUT2D eigenvalue weighted by molar-refractivity contribution is 5.78. The lowest BCUT2D eigenvalue weighted by Gasteiger charge is -2.26. The monoisotopic (exact) mass is 311 g/mol. The second-order valence-electron chi connectivity index (χ2n) is 5.68. The quantitative estimate of drug-likeness (QED) is 0.922. The SMILES string of the molecule is COc1cccc(OCC(=O)NC2CCCc3ccccc32)c1. The summed E-state index contributed by atoms with van der Waals surface area (Å²) in [6.45, 7) is 0.00579. The molecule has 0 radical (unpaired) electrons. The maximum atomic E-state index is 12.2. The van der Waals surface area contributed by atoms with Gasteiger partial charge in [0.1, 0.15) is 11.5 Å². The third-order valence-corrected chi connectivity index (χ3v) is 4.12. The molecule has 2 aromatic rings. The first-order valence-corrected chi connectivity index (χ1v) is 7.90. The summed E-state index contributed by atoms with van der Waals surface area (Å²) < 4.78 is 10.7. The number of nitrogens with one attached hydrogen (secondary N) is 1. The fraction of sp³-hybridized carbons (Fsp3) is 0.316. The van der Waals surface area contributed by atoms with Crippen molar-refractivity contribution in [1.82, 2.24) is 5.32 Å². The number of aryl methyl sites for hydroxylation is 1. The zero-order valence-electron chi connectivity index (χ0n) is 13.2. The van der Waals surface area contributed by atoms with Gasteiger partial charge in [0.2, 0.25) is 0 Å². The Labute approximate surface area is 136 Å². The lowest BCUT2D eigenvalue weighted by molar-refractivity contribution is -0.123. The Morgan fingerprint density at radius 3 is 2.87 bits per heavy atom. The molecule has 1 unspecified atom stereocenters. The van der Waals surface area contributed by atoms with Crippen molar-refractivity contribution in [2.75, 3.05) is 13.7 Å². The van der Waals surface area contributed by atoms with Crippen LogP contribution in [0.25, 0.3) is 0 Å². The molecule has 0 heterocycles. The Kier molecular flexibility index (Phi) is 4.81. The average Bonchev–Trinajstić information content (AvgIpc) is 2.60. The number of benzene rings is 2. The molecule has 1 atom stereocenters. The van der Waals surface area contributed by atoms with E-state index in [-0.39, 0.29) is 18.6 Å². The molecule has 3 rings (SSSR count). The first-order chi connectivity index (χ1) is 11.3. The minimum Gasteiger partial charge on any atom is -0.497 e. The largest absolute Gasteiger partial charge is 0.497 e. The van der Waals surface area contributed by atoms with Crippen LogP contribution in [-0.4, -0.2) is 19.6 Å². The van der Waals surface area contributed by atoms with Crippen molar-refractivity contribution in [3.8, 4) is 11.5 Å². The Morgan fingerprint density at radius 2 is 2.00 bits per heavy atom. The molecule has 23 heavy (non-hydrogen) atoms. The van der Waals surface area contributed by atoms with Gasteiger partial charge in [0, 0.05) is 6.07 Å². The van der Waals surface area contributed by atoms with Crippen LogP contribution in [0.5, 0.6) is 11.5 Å². The number of ether oxygens (including phenoxy) is 2. The second-order valence-corrected chi connectivity index (χ2v) is 5.68. The van der Waals surface area contributed by atoms with Crippen molar-refractivity contribution in [1.29, 1.82) is 0 Å². The van der Waals surface area contributed by atoms with Gasteiger partial charge < -0.3 is 14.8 Å². The number of rotatable bonds is 5. The molecule has 1 amide bonds. The molecular formula is C19H21NO3. The Hall–Kier alpha value is -2.49. The predicted octanol–water partition coefficient (Wildman–Crippen LogP) is 3.27. The van der Waals surface area contributed by atoms with E-state index in [4.69, 9.17) is 9.47 Å². The molecule has 1 aliphatic rings. The van der Waals surface area contributed by atoms with Crippen LogP contribution < -0.4 is 14.8 Å². The van der Waals surface area contributed by atoms with Crippen molar-refractivity contribution < 1.29 is 14.3 Å². The topological polar surface area (TPSA) is 47.6 Å². The van der Waals surface area contributed by atoms with E-state index in [1.54, 1.807) is 13.2 Å². The lowest BCUT2D eigenvalue weighted by atomic mass is 9.88. The van der Waals surface area contributed by atoms with Crippen LogP contribution in [0.3, 0.4) is 0 Å². The predicted molar refractivity (Wildman–Crippen MR) is 88.8 cm³/mol. The molecule has 4 nitrogen and oxygen atoms in total. The van der Waals surface area contributed by atoms with Crippen LogP contribution in [0.1, 0.15) is 30.0 Å². The lowest BCUT2D eigenvalue weighted by Crippen LogP contribution is -2.34. The fourth-order valence-corrected chi connectivity index (χ4v) is 2.98. The van der Waals surface area contributed by atoms with Gasteiger partial charge in [0.05, 0.1) is 13.2 Å². The van der Waals surface area contributed by atoms with Crippen LogP contribution in [0, 0.1) is 0 Å². The molecule has 2 aromatic carbocycles. The normalized spacial score (nSPS) is 16.3. The van der Waals surface area contributed by atoms with Gasteiger partial charge in [-0.1, -0.05) is 30.3 Å². The highest BCUT2D eigenvalue weighted by Gasteiger charge is 2.21. The molecule has 120 valence electrons. The number of amides is 1. The molecule has 1 N–H and O–H groups in total. The Bertz CT molecular complexity index is 684. The van der Waals surface area contributed by atoms with Gasteiger partial charge in [-0.15, -0.1) is 0 Å². The maximum absolute atomic E-state index is 12.2. The van der Waals surface area contributed by atoms with Crippen molar-refractivity contribution in [3.63, 3.8) is 0 Å². The smallest absolute Gasteiger partial charge is 0.258 e. The fourth-order valence-electron chi connectivity index (χ4n) is 2.98. The molecule has 0 saturated heterocycles. The van der Waals surface area contributed by atoms with E-state index >= 15 is 0 Å². The first-order valence-electron chi connectivity index (χ1n) is 7.90. The third-order valence-electron chi connectivity index (χ3n) is 4.12. The summed E-state index contributed by atoms with van der Waals surface area (Å²) in [7, 11) is 1.60. The van der Waals surface area contributed by atoms with Crippen LogP contribution in [0.2, 0.25) is 0 Å². The minimum atomic E-state index is -0.102. The molecule has 0 spiro atoms. The highest BCUT2D eigenvalue weighted by atomic mass is 16.5. The number of hydrogen-bond donors (Lipinski definition) is 1. The van der Waals surface area contributed by atoms with E-state index in [9.17, 15) is 4.79 Å². The van der Waals surface area contributed by atoms with E-state index < -0.39 is 0 Å². The number of carbonyl (C=O) groups excluding carboxylic acids is 1. The van der Waals surface area contributed by atoms with Crippen LogP contribution >= 0.6 is 0 Å². The van der Waals surface area contributed by atoms with E-state index in [1.807, 2.05) is 24.3 Å². The van der Waals surface area contributed by atoms with E-state index in [0.717, 1.165) is 19.3 Å². The van der Waals surface area contributed by atoms with Gasteiger partial charge in [-0.3, -0.25) is 4.79 Å². The Morgan fingerprint density at radius 1 is 1.17 bits per heavy atom. The van der Waals surface area contributed by atoms with Crippen molar-refractivity contribution in [2.45, 2.75) is 25.3 Å². The Balaban J connectivity index is 1.58. The first kappa shape index (κ1) is 15.4. The zero-order chi connectivity index (χ0) is 16.1. The summed E-state index contributed by atoms with van der Waals surface area (Å²) in [5.74, 6) is 1.24. The molecule has 4 heteroatoms. The number of carbonyl (C=O) groups is 1. The second kappa shape index (κ2) is 7.18. The number of fused-ring (bicyclic) bond motifs is 1. The molecule has 0 fully saturated rings. The summed E-state index contributed by atoms with van der Waals surface area (Å²) >= 11 is 0. The van der Waals surface area contributed by atoms with Crippen molar-refractivity contribution in [3.05, 3.63) is 59.7 Å². The van der Waals surface area contributed by atoms with E-state index in [2.05, 4.69) is 23.5 Å². The molecular weight excluding hydrogens is 290 g/mol. The summed E-state index contributed by atoms with van der Waals surface area (Å²) in [6, 6.07) is 15.7. The number of hydrogen-bond acceptors (Lipinski definition) is 3. The van der Waals surface area contributed by atoms with E-state index in [1.165, 1.54) is 11.1 Å².